The van der Waals surface area contributed by atoms with Crippen LogP contribution in [0.3, 0.4) is 0 Å². The largest absolute Gasteiger partial charge is 0.323 e. The molecular weight excluding hydrogens is 358 g/mol. The van der Waals surface area contributed by atoms with E-state index in [1.165, 1.54) is 12.1 Å². The number of hydrogen-bond acceptors (Lipinski definition) is 3. The first-order valence-corrected chi connectivity index (χ1v) is 8.22. The summed E-state index contributed by atoms with van der Waals surface area (Å²) in [5.74, 6) is 0. The van der Waals surface area contributed by atoms with Crippen molar-refractivity contribution in [2.75, 3.05) is 4.72 Å². The Morgan fingerprint density at radius 2 is 1.62 bits per heavy atom. The molecule has 0 amide bonds. The van der Waals surface area contributed by atoms with Gasteiger partial charge in [-0.2, -0.15) is 0 Å². The van der Waals surface area contributed by atoms with Crippen molar-refractivity contribution in [1.82, 2.24) is 9.97 Å². The van der Waals surface area contributed by atoms with Crippen molar-refractivity contribution in [3.05, 3.63) is 57.4 Å². The van der Waals surface area contributed by atoms with Gasteiger partial charge in [0.1, 0.15) is 0 Å². The lowest BCUT2D eigenvalue weighted by molar-refractivity contribution is 0.601. The smallest absolute Gasteiger partial charge is 0.306 e. The van der Waals surface area contributed by atoms with Crippen LogP contribution in [-0.4, -0.2) is 18.4 Å². The van der Waals surface area contributed by atoms with Crippen LogP contribution in [0, 0.1) is 0 Å². The molecule has 8 heteroatoms. The molecule has 21 heavy (non-hydrogen) atoms. The molecule has 0 aliphatic rings. The third-order valence-corrected chi connectivity index (χ3v) is 4.82. The predicted molar refractivity (Wildman–Crippen MR) is 83.9 cm³/mol. The molecule has 0 unspecified atom stereocenters. The van der Waals surface area contributed by atoms with Crippen LogP contribution in [0.4, 0.5) is 5.69 Å². The van der Waals surface area contributed by atoms with Gasteiger partial charge in [0.2, 0.25) is 0 Å². The summed E-state index contributed by atoms with van der Waals surface area (Å²) in [4.78, 5) is 16.5. The zero-order valence-electron chi connectivity index (χ0n) is 10.6. The normalized spacial score (nSPS) is 11.7. The van der Waals surface area contributed by atoms with Gasteiger partial charge in [0.05, 0.1) is 21.6 Å². The van der Waals surface area contributed by atoms with E-state index in [0.29, 0.717) is 16.7 Å². The SMILES string of the molecule is O=c1[nH]c2ccc(NS(=O)(=O)c3ccc(Br)cc3)cc2[nH]1. The topological polar surface area (TPSA) is 94.8 Å². The number of rotatable bonds is 3. The van der Waals surface area contributed by atoms with Gasteiger partial charge in [-0.25, -0.2) is 13.2 Å². The number of nitrogens with one attached hydrogen (secondary N) is 3. The molecule has 3 aromatic rings. The second-order valence-corrected chi connectivity index (χ2v) is 7.00. The number of imidazole rings is 1. The average Bonchev–Trinajstić information content (AvgIpc) is 2.78. The lowest BCUT2D eigenvalue weighted by Gasteiger charge is -2.08. The monoisotopic (exact) mass is 367 g/mol. The summed E-state index contributed by atoms with van der Waals surface area (Å²) in [5.41, 5.74) is 1.20. The molecule has 0 bridgehead atoms. The number of aromatic amines is 2. The Bertz CT molecular complexity index is 958. The van der Waals surface area contributed by atoms with Crippen LogP contribution in [0.25, 0.3) is 11.0 Å². The van der Waals surface area contributed by atoms with Gasteiger partial charge < -0.3 is 9.97 Å². The van der Waals surface area contributed by atoms with Gasteiger partial charge in [0.15, 0.2) is 0 Å². The predicted octanol–water partition coefficient (Wildman–Crippen LogP) is 2.42. The van der Waals surface area contributed by atoms with Crippen LogP contribution < -0.4 is 10.4 Å². The Kier molecular flexibility index (Phi) is 3.34. The number of hydrogen-bond donors (Lipinski definition) is 3. The van der Waals surface area contributed by atoms with Crippen molar-refractivity contribution in [3.8, 4) is 0 Å². The van der Waals surface area contributed by atoms with E-state index in [1.807, 2.05) is 0 Å². The van der Waals surface area contributed by atoms with Crippen LogP contribution >= 0.6 is 15.9 Å². The summed E-state index contributed by atoms with van der Waals surface area (Å²) in [6, 6.07) is 11.1. The number of benzene rings is 2. The Labute approximate surface area is 128 Å². The zero-order chi connectivity index (χ0) is 15.0. The minimum absolute atomic E-state index is 0.161. The van der Waals surface area contributed by atoms with Crippen LogP contribution in [0.2, 0.25) is 0 Å². The van der Waals surface area contributed by atoms with Crippen molar-refractivity contribution in [2.45, 2.75) is 4.90 Å². The zero-order valence-corrected chi connectivity index (χ0v) is 13.0. The first-order chi connectivity index (χ1) is 9.94. The van der Waals surface area contributed by atoms with Crippen LogP contribution in [0.1, 0.15) is 0 Å². The molecule has 0 radical (unpaired) electrons. The Balaban J connectivity index is 1.96. The number of anilines is 1. The molecule has 2 aromatic carbocycles. The molecule has 0 saturated carbocycles. The Morgan fingerprint density at radius 1 is 0.952 bits per heavy atom. The van der Waals surface area contributed by atoms with Crippen molar-refractivity contribution < 1.29 is 8.42 Å². The van der Waals surface area contributed by atoms with E-state index < -0.39 is 10.0 Å². The molecule has 0 saturated heterocycles. The lowest BCUT2D eigenvalue weighted by atomic mass is 10.3. The highest BCUT2D eigenvalue weighted by atomic mass is 79.9. The number of H-pyrrole nitrogens is 2. The van der Waals surface area contributed by atoms with Crippen LogP contribution in [0.15, 0.2) is 56.6 Å². The van der Waals surface area contributed by atoms with Crippen molar-refractivity contribution in [2.24, 2.45) is 0 Å². The molecule has 0 aliphatic heterocycles. The molecule has 0 fully saturated rings. The van der Waals surface area contributed by atoms with Crippen molar-refractivity contribution in [3.63, 3.8) is 0 Å². The third-order valence-electron chi connectivity index (χ3n) is 2.89. The van der Waals surface area contributed by atoms with E-state index in [1.54, 1.807) is 30.3 Å². The maximum Gasteiger partial charge on any atom is 0.323 e. The number of fused-ring (bicyclic) bond motifs is 1. The molecular formula is C13H10BrN3O3S. The van der Waals surface area contributed by atoms with Gasteiger partial charge in [-0.05, 0) is 42.5 Å². The number of sulfonamides is 1. The fourth-order valence-corrected chi connectivity index (χ4v) is 3.24. The molecule has 6 nitrogen and oxygen atoms in total. The third kappa shape index (κ3) is 2.86. The Morgan fingerprint density at radius 3 is 2.33 bits per heavy atom. The maximum absolute atomic E-state index is 12.2. The van der Waals surface area contributed by atoms with E-state index in [0.717, 1.165) is 4.47 Å². The van der Waals surface area contributed by atoms with Gasteiger partial charge >= 0.3 is 5.69 Å². The summed E-state index contributed by atoms with van der Waals surface area (Å²) >= 11 is 3.26. The van der Waals surface area contributed by atoms with E-state index in [-0.39, 0.29) is 10.6 Å². The first-order valence-electron chi connectivity index (χ1n) is 5.94. The highest BCUT2D eigenvalue weighted by Crippen LogP contribution is 2.20. The number of halogens is 1. The average molecular weight is 368 g/mol. The molecule has 3 N–H and O–H groups in total. The summed E-state index contributed by atoms with van der Waals surface area (Å²) in [6.07, 6.45) is 0. The molecule has 1 heterocycles. The van der Waals surface area contributed by atoms with E-state index >= 15 is 0 Å². The molecule has 0 aliphatic carbocycles. The minimum atomic E-state index is -3.66. The van der Waals surface area contributed by atoms with Crippen molar-refractivity contribution in [1.29, 1.82) is 0 Å². The maximum atomic E-state index is 12.2. The van der Waals surface area contributed by atoms with Gasteiger partial charge in [0, 0.05) is 4.47 Å². The number of aromatic nitrogens is 2. The minimum Gasteiger partial charge on any atom is -0.306 e. The second-order valence-electron chi connectivity index (χ2n) is 4.40. The molecule has 108 valence electrons. The quantitative estimate of drug-likeness (QED) is 0.663. The highest BCUT2D eigenvalue weighted by molar-refractivity contribution is 9.10. The lowest BCUT2D eigenvalue weighted by Crippen LogP contribution is -2.12. The van der Waals surface area contributed by atoms with Gasteiger partial charge in [-0.15, -0.1) is 0 Å². The standard InChI is InChI=1S/C13H10BrN3O3S/c14-8-1-4-10(5-2-8)21(19,20)17-9-3-6-11-12(7-9)16-13(18)15-11/h1-7,17H,(H2,15,16,18). The van der Waals surface area contributed by atoms with Gasteiger partial charge in [-0.3, -0.25) is 4.72 Å². The van der Waals surface area contributed by atoms with Crippen LogP contribution in [-0.2, 0) is 10.0 Å². The van der Waals surface area contributed by atoms with Crippen molar-refractivity contribution >= 4 is 42.7 Å². The second kappa shape index (κ2) is 5.05. The van der Waals surface area contributed by atoms with E-state index in [4.69, 9.17) is 0 Å². The fourth-order valence-electron chi connectivity index (χ4n) is 1.92. The fraction of sp³-hybridized carbons (Fsp3) is 0. The first kappa shape index (κ1) is 13.9. The summed E-state index contributed by atoms with van der Waals surface area (Å²) < 4.78 is 27.8. The van der Waals surface area contributed by atoms with E-state index in [9.17, 15) is 13.2 Å². The Hall–Kier alpha value is -2.06. The summed E-state index contributed by atoms with van der Waals surface area (Å²) in [5, 5.41) is 0. The van der Waals surface area contributed by atoms with Gasteiger partial charge in [-0.1, -0.05) is 15.9 Å². The molecule has 0 spiro atoms. The summed E-state index contributed by atoms with van der Waals surface area (Å²) in [7, 11) is -3.66. The molecule has 1 aromatic heterocycles. The van der Waals surface area contributed by atoms with E-state index in [2.05, 4.69) is 30.6 Å². The molecule has 0 atom stereocenters. The molecule has 3 rings (SSSR count). The summed E-state index contributed by atoms with van der Waals surface area (Å²) in [6.45, 7) is 0. The van der Waals surface area contributed by atoms with Gasteiger partial charge in [0.25, 0.3) is 10.0 Å². The van der Waals surface area contributed by atoms with Crippen LogP contribution in [0.5, 0.6) is 0 Å². The highest BCUT2D eigenvalue weighted by Gasteiger charge is 2.14.